The highest BCUT2D eigenvalue weighted by molar-refractivity contribution is 7.09. The molecule has 0 atom stereocenters. The van der Waals surface area contributed by atoms with E-state index >= 15 is 0 Å². The molecule has 3 nitrogen and oxygen atoms in total. The first kappa shape index (κ1) is 14.0. The lowest BCUT2D eigenvalue weighted by atomic mass is 9.87. The zero-order valence-corrected chi connectivity index (χ0v) is 12.8. The number of nitrogens with zero attached hydrogens (tertiary/aromatic N) is 2. The fourth-order valence-corrected chi connectivity index (χ4v) is 3.61. The quantitative estimate of drug-likeness (QED) is 0.909. The van der Waals surface area contributed by atoms with Gasteiger partial charge in [-0.2, -0.15) is 0 Å². The lowest BCUT2D eigenvalue weighted by molar-refractivity contribution is 0.0395. The van der Waals surface area contributed by atoms with Crippen molar-refractivity contribution >= 4 is 11.3 Å². The molecule has 0 aromatic carbocycles. The molecule has 2 heterocycles. The summed E-state index contributed by atoms with van der Waals surface area (Å²) >= 11 is 1.77. The maximum absolute atomic E-state index is 4.52. The van der Waals surface area contributed by atoms with E-state index in [1.807, 2.05) is 6.20 Å². The van der Waals surface area contributed by atoms with E-state index in [1.165, 1.54) is 17.8 Å². The zero-order chi connectivity index (χ0) is 13.2. The highest BCUT2D eigenvalue weighted by atomic mass is 32.1. The summed E-state index contributed by atoms with van der Waals surface area (Å²) in [6.07, 6.45) is 4.29. The molecule has 1 aliphatic heterocycles. The minimum Gasteiger partial charge on any atom is -0.309 e. The molecule has 1 aromatic heterocycles. The van der Waals surface area contributed by atoms with E-state index in [9.17, 15) is 0 Å². The lowest BCUT2D eigenvalue weighted by Crippen LogP contribution is -2.63. The fourth-order valence-electron chi connectivity index (χ4n) is 2.82. The van der Waals surface area contributed by atoms with Gasteiger partial charge in [-0.05, 0) is 26.7 Å². The van der Waals surface area contributed by atoms with Crippen molar-refractivity contribution < 1.29 is 0 Å². The second-order valence-electron chi connectivity index (χ2n) is 5.73. The van der Waals surface area contributed by atoms with E-state index in [-0.39, 0.29) is 11.1 Å². The Bertz CT molecular complexity index is 368. The molecule has 0 saturated carbocycles. The summed E-state index contributed by atoms with van der Waals surface area (Å²) < 4.78 is 0. The van der Waals surface area contributed by atoms with Crippen LogP contribution in [0.4, 0.5) is 0 Å². The van der Waals surface area contributed by atoms with Crippen molar-refractivity contribution in [2.24, 2.45) is 0 Å². The Morgan fingerprint density at radius 1 is 1.44 bits per heavy atom. The maximum atomic E-state index is 4.52. The number of rotatable bonds is 4. The Morgan fingerprint density at radius 3 is 2.72 bits per heavy atom. The van der Waals surface area contributed by atoms with Crippen LogP contribution >= 0.6 is 11.3 Å². The van der Waals surface area contributed by atoms with Crippen molar-refractivity contribution in [2.45, 2.75) is 51.6 Å². The molecule has 0 unspecified atom stereocenters. The monoisotopic (exact) mass is 267 g/mol. The fraction of sp³-hybridized carbons (Fsp3) is 0.786. The van der Waals surface area contributed by atoms with E-state index in [1.54, 1.807) is 11.3 Å². The van der Waals surface area contributed by atoms with Crippen LogP contribution in [-0.2, 0) is 5.54 Å². The zero-order valence-electron chi connectivity index (χ0n) is 12.0. The molecule has 102 valence electrons. The first-order valence-corrected chi connectivity index (χ1v) is 7.82. The third kappa shape index (κ3) is 2.46. The average molecular weight is 267 g/mol. The van der Waals surface area contributed by atoms with E-state index in [2.05, 4.69) is 48.3 Å². The Kier molecular flexibility index (Phi) is 4.09. The van der Waals surface area contributed by atoms with Gasteiger partial charge in [-0.25, -0.2) is 4.98 Å². The summed E-state index contributed by atoms with van der Waals surface area (Å²) in [6, 6.07) is 0. The Labute approximate surface area is 115 Å². The predicted octanol–water partition coefficient (Wildman–Crippen LogP) is 2.84. The van der Waals surface area contributed by atoms with Crippen LogP contribution in [-0.4, -0.2) is 35.1 Å². The summed E-state index contributed by atoms with van der Waals surface area (Å²) in [7, 11) is 0. The number of nitrogens with one attached hydrogen (secondary N) is 1. The summed E-state index contributed by atoms with van der Waals surface area (Å²) in [5.41, 5.74) is 0.332. The van der Waals surface area contributed by atoms with Gasteiger partial charge in [0.2, 0.25) is 0 Å². The molecule has 0 amide bonds. The first-order valence-electron chi connectivity index (χ1n) is 6.94. The van der Waals surface area contributed by atoms with Gasteiger partial charge in [0.25, 0.3) is 0 Å². The molecule has 4 heteroatoms. The van der Waals surface area contributed by atoms with Crippen LogP contribution in [0, 0.1) is 0 Å². The van der Waals surface area contributed by atoms with E-state index in [4.69, 9.17) is 0 Å². The van der Waals surface area contributed by atoms with Crippen molar-refractivity contribution in [3.8, 4) is 0 Å². The topological polar surface area (TPSA) is 28.2 Å². The summed E-state index contributed by atoms with van der Waals surface area (Å²) in [5.74, 6) is 0. The van der Waals surface area contributed by atoms with Crippen LogP contribution in [0.3, 0.4) is 0 Å². The molecule has 0 bridgehead atoms. The molecule has 1 N–H and O–H groups in total. The van der Waals surface area contributed by atoms with Gasteiger partial charge in [-0.15, -0.1) is 11.3 Å². The molecule has 0 spiro atoms. The van der Waals surface area contributed by atoms with Crippen LogP contribution < -0.4 is 5.32 Å². The second-order valence-corrected chi connectivity index (χ2v) is 6.63. The molecule has 1 aliphatic rings. The molecule has 1 aromatic rings. The number of aromatic nitrogens is 1. The van der Waals surface area contributed by atoms with Gasteiger partial charge in [-0.1, -0.05) is 13.8 Å². The Balaban J connectivity index is 2.18. The molecule has 1 saturated heterocycles. The molecule has 18 heavy (non-hydrogen) atoms. The van der Waals surface area contributed by atoms with Crippen molar-refractivity contribution in [3.63, 3.8) is 0 Å². The maximum Gasteiger partial charge on any atom is 0.112 e. The van der Waals surface area contributed by atoms with Crippen LogP contribution in [0.2, 0.25) is 0 Å². The van der Waals surface area contributed by atoms with Gasteiger partial charge in [0.1, 0.15) is 5.01 Å². The van der Waals surface area contributed by atoms with Crippen LogP contribution in [0.1, 0.15) is 45.5 Å². The largest absolute Gasteiger partial charge is 0.309 e. The first-order chi connectivity index (χ1) is 8.54. The van der Waals surface area contributed by atoms with E-state index in [0.29, 0.717) is 0 Å². The normalized spacial score (nSPS) is 21.1. The van der Waals surface area contributed by atoms with Crippen molar-refractivity contribution in [3.05, 3.63) is 16.6 Å². The average Bonchev–Trinajstić information content (AvgIpc) is 2.93. The molecule has 0 radical (unpaired) electrons. The van der Waals surface area contributed by atoms with Crippen LogP contribution in [0.15, 0.2) is 11.6 Å². The second kappa shape index (κ2) is 5.27. The minimum atomic E-state index is 0.0475. The standard InChI is InChI=1S/C14H25N3S/c1-5-14(6-2)11-17(9-7-16-14)13(3,4)12-15-8-10-18-12/h8,10,16H,5-7,9,11H2,1-4H3. The van der Waals surface area contributed by atoms with Gasteiger partial charge in [0, 0.05) is 36.8 Å². The number of hydrogen-bond acceptors (Lipinski definition) is 4. The summed E-state index contributed by atoms with van der Waals surface area (Å²) in [4.78, 5) is 7.11. The Morgan fingerprint density at radius 2 is 2.17 bits per heavy atom. The van der Waals surface area contributed by atoms with E-state index in [0.717, 1.165) is 19.6 Å². The SMILES string of the molecule is CCC1(CC)CN(C(C)(C)c2nccs2)CCN1. The van der Waals surface area contributed by atoms with Gasteiger partial charge < -0.3 is 5.32 Å². The van der Waals surface area contributed by atoms with Crippen LogP contribution in [0.5, 0.6) is 0 Å². The van der Waals surface area contributed by atoms with Gasteiger partial charge in [0.05, 0.1) is 5.54 Å². The number of thiazole rings is 1. The number of piperazine rings is 1. The molecule has 2 rings (SSSR count). The van der Waals surface area contributed by atoms with Crippen molar-refractivity contribution in [2.75, 3.05) is 19.6 Å². The summed E-state index contributed by atoms with van der Waals surface area (Å²) in [6.45, 7) is 12.5. The Hall–Kier alpha value is -0.450. The third-order valence-electron chi connectivity index (χ3n) is 4.48. The van der Waals surface area contributed by atoms with Crippen molar-refractivity contribution in [1.29, 1.82) is 0 Å². The predicted molar refractivity (Wildman–Crippen MR) is 78.0 cm³/mol. The molecular formula is C14H25N3S. The van der Waals surface area contributed by atoms with Gasteiger partial charge in [0.15, 0.2) is 0 Å². The van der Waals surface area contributed by atoms with E-state index < -0.39 is 0 Å². The van der Waals surface area contributed by atoms with Crippen molar-refractivity contribution in [1.82, 2.24) is 15.2 Å². The van der Waals surface area contributed by atoms with Gasteiger partial charge in [-0.3, -0.25) is 4.90 Å². The molecular weight excluding hydrogens is 242 g/mol. The molecule has 0 aliphatic carbocycles. The van der Waals surface area contributed by atoms with Crippen LogP contribution in [0.25, 0.3) is 0 Å². The summed E-state index contributed by atoms with van der Waals surface area (Å²) in [5, 5.41) is 7.02. The molecule has 1 fully saturated rings. The lowest BCUT2D eigenvalue weighted by Gasteiger charge is -2.48. The van der Waals surface area contributed by atoms with Gasteiger partial charge >= 0.3 is 0 Å². The smallest absolute Gasteiger partial charge is 0.112 e. The third-order valence-corrected chi connectivity index (χ3v) is 5.56. The number of hydrogen-bond donors (Lipinski definition) is 1. The highest BCUT2D eigenvalue weighted by Gasteiger charge is 2.39. The minimum absolute atomic E-state index is 0.0475. The highest BCUT2D eigenvalue weighted by Crippen LogP contribution is 2.33.